The van der Waals surface area contributed by atoms with Gasteiger partial charge >= 0.3 is 0 Å². The molecule has 22 heavy (non-hydrogen) atoms. The molecule has 7 heteroatoms. The molecule has 0 fully saturated rings. The molecule has 1 aromatic carbocycles. The monoisotopic (exact) mass is 326 g/mol. The minimum absolute atomic E-state index is 0.0287. The Kier molecular flexibility index (Phi) is 4.12. The highest BCUT2D eigenvalue weighted by molar-refractivity contribution is 7.92. The van der Waals surface area contributed by atoms with Crippen molar-refractivity contribution < 1.29 is 17.9 Å². The van der Waals surface area contributed by atoms with E-state index in [9.17, 15) is 13.2 Å². The molecule has 0 aromatic heterocycles. The lowest BCUT2D eigenvalue weighted by Gasteiger charge is -2.35. The van der Waals surface area contributed by atoms with Crippen LogP contribution in [0.25, 0.3) is 0 Å². The summed E-state index contributed by atoms with van der Waals surface area (Å²) in [6.45, 7) is 6.13. The molecule has 1 N–H and O–H groups in total. The predicted molar refractivity (Wildman–Crippen MR) is 85.8 cm³/mol. The molecule has 122 valence electrons. The van der Waals surface area contributed by atoms with E-state index in [0.29, 0.717) is 11.4 Å². The smallest absolute Gasteiger partial charge is 0.262 e. The first-order valence-corrected chi connectivity index (χ1v) is 8.89. The van der Waals surface area contributed by atoms with E-state index >= 15 is 0 Å². The van der Waals surface area contributed by atoms with Crippen molar-refractivity contribution in [1.82, 2.24) is 5.32 Å². The average Bonchev–Trinajstić information content (AvgIpc) is 2.42. The Morgan fingerprint density at radius 2 is 2.00 bits per heavy atom. The van der Waals surface area contributed by atoms with E-state index in [1.807, 2.05) is 12.1 Å². The zero-order valence-electron chi connectivity index (χ0n) is 13.5. The first kappa shape index (κ1) is 16.6. The first-order chi connectivity index (χ1) is 10.0. The Hall–Kier alpha value is -1.76. The number of ether oxygens (including phenoxy) is 1. The van der Waals surface area contributed by atoms with Gasteiger partial charge in [0.25, 0.3) is 5.91 Å². The minimum Gasteiger partial charge on any atom is -0.476 e. The van der Waals surface area contributed by atoms with Gasteiger partial charge in [0.2, 0.25) is 10.0 Å². The highest BCUT2D eigenvalue weighted by Gasteiger charge is 2.35. The summed E-state index contributed by atoms with van der Waals surface area (Å²) in [6, 6.07) is 5.44. The number of fused-ring (bicyclic) bond motifs is 1. The van der Waals surface area contributed by atoms with Gasteiger partial charge in [0.15, 0.2) is 6.10 Å². The van der Waals surface area contributed by atoms with Crippen LogP contribution in [0.5, 0.6) is 5.75 Å². The number of hydrogen-bond donors (Lipinski definition) is 1. The molecule has 0 radical (unpaired) electrons. The molecule has 1 atom stereocenters. The van der Waals surface area contributed by atoms with Crippen molar-refractivity contribution >= 4 is 21.6 Å². The quantitative estimate of drug-likeness (QED) is 0.888. The number of likely N-dealkylation sites (N-methyl/N-ethyl adjacent to an activating group) is 1. The third kappa shape index (κ3) is 3.19. The summed E-state index contributed by atoms with van der Waals surface area (Å²) in [5, 5.41) is 2.49. The summed E-state index contributed by atoms with van der Waals surface area (Å²) in [6.07, 6.45) is 0.278. The number of hydrogen-bond acceptors (Lipinski definition) is 4. The van der Waals surface area contributed by atoms with Crippen molar-refractivity contribution in [2.75, 3.05) is 24.2 Å². The van der Waals surface area contributed by atoms with E-state index in [1.165, 1.54) is 11.4 Å². The second-order valence-electron chi connectivity index (χ2n) is 6.45. The van der Waals surface area contributed by atoms with Crippen LogP contribution >= 0.6 is 0 Å². The van der Waals surface area contributed by atoms with E-state index in [2.05, 4.69) is 26.1 Å². The number of carbonyl (C=O) groups is 1. The summed E-state index contributed by atoms with van der Waals surface area (Å²) in [4.78, 5) is 11.8. The lowest BCUT2D eigenvalue weighted by Crippen LogP contribution is -2.49. The van der Waals surface area contributed by atoms with E-state index in [4.69, 9.17) is 4.74 Å². The fourth-order valence-corrected chi connectivity index (χ4v) is 3.24. The molecule has 1 aromatic rings. The standard InChI is InChI=1S/C15H22N2O4S/c1-15(2,3)10-6-7-12-11(8-10)17(22(5,19)20)9-13(21-12)14(18)16-4/h6-8,13H,9H2,1-5H3,(H,16,18). The molecule has 0 saturated heterocycles. The third-order valence-corrected chi connectivity index (χ3v) is 4.78. The molecule has 0 bridgehead atoms. The molecule has 1 aliphatic heterocycles. The summed E-state index contributed by atoms with van der Waals surface area (Å²) >= 11 is 0. The third-order valence-electron chi connectivity index (χ3n) is 3.63. The van der Waals surface area contributed by atoms with Crippen molar-refractivity contribution in [2.45, 2.75) is 32.3 Å². The molecule has 0 aliphatic carbocycles. The van der Waals surface area contributed by atoms with Crippen molar-refractivity contribution in [2.24, 2.45) is 0 Å². The van der Waals surface area contributed by atoms with Crippen LogP contribution in [0.3, 0.4) is 0 Å². The van der Waals surface area contributed by atoms with Crippen LogP contribution in [-0.2, 0) is 20.2 Å². The summed E-state index contributed by atoms with van der Waals surface area (Å²) < 4.78 is 31.1. The number of anilines is 1. The first-order valence-electron chi connectivity index (χ1n) is 7.04. The summed E-state index contributed by atoms with van der Waals surface area (Å²) in [5.41, 5.74) is 1.37. The van der Waals surface area contributed by atoms with E-state index in [1.54, 1.807) is 6.07 Å². The van der Waals surface area contributed by atoms with Gasteiger partial charge in [0.1, 0.15) is 5.75 Å². The van der Waals surface area contributed by atoms with Gasteiger partial charge in [-0.25, -0.2) is 8.42 Å². The molecular weight excluding hydrogens is 304 g/mol. The Labute approximate surface area is 131 Å². The fourth-order valence-electron chi connectivity index (χ4n) is 2.33. The molecule has 1 amide bonds. The number of nitrogens with zero attached hydrogens (tertiary/aromatic N) is 1. The molecule has 1 unspecified atom stereocenters. The van der Waals surface area contributed by atoms with Crippen LogP contribution in [0.4, 0.5) is 5.69 Å². The molecule has 1 heterocycles. The Bertz CT molecular complexity index is 692. The Morgan fingerprint density at radius 1 is 1.36 bits per heavy atom. The molecule has 0 spiro atoms. The van der Waals surface area contributed by atoms with Crippen molar-refractivity contribution in [3.63, 3.8) is 0 Å². The van der Waals surface area contributed by atoms with Gasteiger partial charge in [0, 0.05) is 7.05 Å². The largest absolute Gasteiger partial charge is 0.476 e. The number of carbonyl (C=O) groups excluding carboxylic acids is 1. The number of benzene rings is 1. The Balaban J connectivity index is 2.54. The molecule has 2 rings (SSSR count). The SMILES string of the molecule is CNC(=O)C1CN(S(C)(=O)=O)c2cc(C(C)(C)C)ccc2O1. The van der Waals surface area contributed by atoms with Crippen LogP contribution in [0.1, 0.15) is 26.3 Å². The van der Waals surface area contributed by atoms with Gasteiger partial charge in [-0.2, -0.15) is 0 Å². The zero-order valence-corrected chi connectivity index (χ0v) is 14.3. The molecule has 0 saturated carbocycles. The summed E-state index contributed by atoms with van der Waals surface area (Å²) in [5.74, 6) is 0.0532. The maximum atomic E-state index is 12.1. The number of amides is 1. The number of sulfonamides is 1. The normalized spacial score (nSPS) is 18.4. The molecule has 6 nitrogen and oxygen atoms in total. The van der Waals surface area contributed by atoms with Gasteiger partial charge < -0.3 is 10.1 Å². The van der Waals surface area contributed by atoms with Gasteiger partial charge in [-0.3, -0.25) is 9.10 Å². The van der Waals surface area contributed by atoms with Crippen molar-refractivity contribution in [3.8, 4) is 5.75 Å². The van der Waals surface area contributed by atoms with Crippen LogP contribution in [0, 0.1) is 0 Å². The van der Waals surface area contributed by atoms with Gasteiger partial charge in [0.05, 0.1) is 18.5 Å². The van der Waals surface area contributed by atoms with Gasteiger partial charge in [-0.1, -0.05) is 26.8 Å². The van der Waals surface area contributed by atoms with Gasteiger partial charge in [-0.05, 0) is 23.1 Å². The Morgan fingerprint density at radius 3 is 2.50 bits per heavy atom. The maximum Gasteiger partial charge on any atom is 0.262 e. The maximum absolute atomic E-state index is 12.1. The van der Waals surface area contributed by atoms with E-state index in [0.717, 1.165) is 11.8 Å². The molecular formula is C15H22N2O4S. The minimum atomic E-state index is -3.50. The summed E-state index contributed by atoms with van der Waals surface area (Å²) in [7, 11) is -2.01. The lowest BCUT2D eigenvalue weighted by atomic mass is 9.86. The van der Waals surface area contributed by atoms with Crippen molar-refractivity contribution in [3.05, 3.63) is 23.8 Å². The zero-order chi connectivity index (χ0) is 16.7. The van der Waals surface area contributed by atoms with Crippen LogP contribution in [-0.4, -0.2) is 40.3 Å². The van der Waals surface area contributed by atoms with Crippen LogP contribution in [0.15, 0.2) is 18.2 Å². The highest BCUT2D eigenvalue weighted by atomic mass is 32.2. The lowest BCUT2D eigenvalue weighted by molar-refractivity contribution is -0.127. The number of nitrogens with one attached hydrogen (secondary N) is 1. The fraction of sp³-hybridized carbons (Fsp3) is 0.533. The average molecular weight is 326 g/mol. The second-order valence-corrected chi connectivity index (χ2v) is 8.35. The topological polar surface area (TPSA) is 75.7 Å². The van der Waals surface area contributed by atoms with E-state index < -0.39 is 16.1 Å². The number of rotatable bonds is 2. The van der Waals surface area contributed by atoms with Gasteiger partial charge in [-0.15, -0.1) is 0 Å². The predicted octanol–water partition coefficient (Wildman–Crippen LogP) is 1.26. The molecule has 1 aliphatic rings. The van der Waals surface area contributed by atoms with Crippen LogP contribution < -0.4 is 14.4 Å². The van der Waals surface area contributed by atoms with E-state index in [-0.39, 0.29) is 17.9 Å². The van der Waals surface area contributed by atoms with Crippen molar-refractivity contribution in [1.29, 1.82) is 0 Å². The second kappa shape index (κ2) is 5.46. The highest BCUT2D eigenvalue weighted by Crippen LogP contribution is 2.38. The van der Waals surface area contributed by atoms with Crippen LogP contribution in [0.2, 0.25) is 0 Å².